The predicted octanol–water partition coefficient (Wildman–Crippen LogP) is 5.67. The topological polar surface area (TPSA) is 46.2 Å². The van der Waals surface area contributed by atoms with E-state index >= 15 is 0 Å². The van der Waals surface area contributed by atoms with Gasteiger partial charge in [0.15, 0.2) is 33.3 Å². The van der Waals surface area contributed by atoms with Crippen molar-refractivity contribution in [1.29, 1.82) is 0 Å². The summed E-state index contributed by atoms with van der Waals surface area (Å²) in [5.41, 5.74) is 0. The minimum absolute atomic E-state index is 0.721. The van der Waals surface area contributed by atoms with E-state index in [0.717, 1.165) is 12.7 Å². The quantitative estimate of drug-likeness (QED) is 0.390. The van der Waals surface area contributed by atoms with Crippen LogP contribution in [0, 0.1) is 0 Å². The van der Waals surface area contributed by atoms with Gasteiger partial charge in [0, 0.05) is 6.61 Å². The summed E-state index contributed by atoms with van der Waals surface area (Å²) in [5, 5.41) is 0. The van der Waals surface area contributed by atoms with Crippen LogP contribution in [-0.4, -0.2) is 63.4 Å². The Morgan fingerprint density at radius 2 is 0.893 bits per heavy atom. The van der Waals surface area contributed by atoms with E-state index in [-0.39, 0.29) is 0 Å². The average Bonchev–Trinajstić information content (AvgIpc) is 2.27. The minimum atomic E-state index is -3.14. The second-order valence-electron chi connectivity index (χ2n) is 12.5. The van der Waals surface area contributed by atoms with Crippen molar-refractivity contribution < 1.29 is 20.9 Å². The lowest BCUT2D eigenvalue weighted by Gasteiger charge is -2.58. The first-order chi connectivity index (χ1) is 12.0. The Labute approximate surface area is 181 Å². The van der Waals surface area contributed by atoms with Crippen LogP contribution in [0.4, 0.5) is 0 Å². The lowest BCUT2D eigenvalue weighted by atomic mass is 10.9. The maximum atomic E-state index is 7.25. The highest BCUT2D eigenvalue weighted by atomic mass is 29.7. The van der Waals surface area contributed by atoms with E-state index < -0.39 is 56.8 Å². The van der Waals surface area contributed by atoms with Crippen molar-refractivity contribution in [2.24, 2.45) is 0 Å². The highest BCUT2D eigenvalue weighted by Crippen LogP contribution is 2.45. The van der Waals surface area contributed by atoms with Crippen LogP contribution in [-0.2, 0) is 20.9 Å². The standard InChI is InChI=1S/C16H46O5Si7/c1-22(2,3)18-27(19-23(4,5)6)17-15-16-26(13,14)28(27,20-24(7,8)9)21-25(10,11)12/h15-16H2,1-14H3. The maximum Gasteiger partial charge on any atom is 0.512 e. The van der Waals surface area contributed by atoms with Gasteiger partial charge in [-0.15, -0.1) is 0 Å². The van der Waals surface area contributed by atoms with Crippen LogP contribution in [0.15, 0.2) is 0 Å². The largest absolute Gasteiger partial charge is 0.512 e. The zero-order chi connectivity index (χ0) is 22.4. The molecular weight excluding hydrogens is 469 g/mol. The first-order valence-corrected chi connectivity index (χ1v) is 32.9. The minimum Gasteiger partial charge on any atom is -0.436 e. The number of rotatable bonds is 8. The van der Waals surface area contributed by atoms with Gasteiger partial charge in [0.2, 0.25) is 0 Å². The Morgan fingerprint density at radius 1 is 0.571 bits per heavy atom. The summed E-state index contributed by atoms with van der Waals surface area (Å²) < 4.78 is 35.3. The third-order valence-electron chi connectivity index (χ3n) is 4.09. The molecule has 0 spiro atoms. The van der Waals surface area contributed by atoms with Crippen molar-refractivity contribution >= 4 is 56.8 Å². The predicted molar refractivity (Wildman–Crippen MR) is 137 cm³/mol. The fraction of sp³-hybridized carbons (Fsp3) is 1.00. The Hall–Kier alpha value is 1.32. The van der Waals surface area contributed by atoms with E-state index in [0.29, 0.717) is 0 Å². The molecule has 5 nitrogen and oxygen atoms in total. The van der Waals surface area contributed by atoms with Crippen molar-refractivity contribution in [3.63, 3.8) is 0 Å². The van der Waals surface area contributed by atoms with Gasteiger partial charge in [0.05, 0.1) is 0 Å². The third-order valence-corrected chi connectivity index (χ3v) is 46.3. The van der Waals surface area contributed by atoms with Gasteiger partial charge in [-0.3, -0.25) is 0 Å². The summed E-state index contributed by atoms with van der Waals surface area (Å²) in [4.78, 5) is 0. The smallest absolute Gasteiger partial charge is 0.436 e. The van der Waals surface area contributed by atoms with Crippen LogP contribution in [0.5, 0.6) is 0 Å². The fourth-order valence-electron chi connectivity index (χ4n) is 3.42. The van der Waals surface area contributed by atoms with E-state index in [1.165, 1.54) is 0 Å². The SMILES string of the molecule is C[Si](C)(C)O[Si]1(O[Si](C)(C)C)OCC[Si](C)(C)[Si]1(O[Si](C)(C)C)O[Si](C)(C)C. The first kappa shape index (κ1) is 27.4. The van der Waals surface area contributed by atoms with Crippen LogP contribution < -0.4 is 0 Å². The normalized spacial score (nSPS) is 22.9. The molecule has 0 aromatic rings. The molecule has 1 aliphatic heterocycles. The van der Waals surface area contributed by atoms with E-state index in [9.17, 15) is 0 Å². The summed E-state index contributed by atoms with van der Waals surface area (Å²) in [6, 6.07) is 1.06. The lowest BCUT2D eigenvalue weighted by Crippen LogP contribution is -2.89. The first-order valence-electron chi connectivity index (χ1n) is 10.5. The molecule has 0 amide bonds. The third kappa shape index (κ3) is 7.18. The molecule has 0 saturated carbocycles. The molecule has 0 aliphatic carbocycles. The van der Waals surface area contributed by atoms with Crippen LogP contribution in [0.2, 0.25) is 97.7 Å². The maximum absolute atomic E-state index is 7.25. The van der Waals surface area contributed by atoms with Gasteiger partial charge in [-0.1, -0.05) is 13.1 Å². The molecule has 168 valence electrons. The summed E-state index contributed by atoms with van der Waals surface area (Å²) >= 11 is 0. The van der Waals surface area contributed by atoms with Gasteiger partial charge in [-0.25, -0.2) is 0 Å². The molecule has 0 unspecified atom stereocenters. The van der Waals surface area contributed by atoms with Crippen molar-refractivity contribution in [1.82, 2.24) is 0 Å². The number of hydrogen-bond donors (Lipinski definition) is 0. The Balaban J connectivity index is 3.85. The molecule has 0 N–H and O–H groups in total. The molecule has 1 aliphatic rings. The van der Waals surface area contributed by atoms with Crippen LogP contribution >= 0.6 is 0 Å². The molecule has 1 fully saturated rings. The van der Waals surface area contributed by atoms with Crippen LogP contribution in [0.1, 0.15) is 0 Å². The zero-order valence-electron chi connectivity index (χ0n) is 21.0. The highest BCUT2D eigenvalue weighted by Gasteiger charge is 2.79. The molecule has 28 heavy (non-hydrogen) atoms. The van der Waals surface area contributed by atoms with Gasteiger partial charge >= 0.3 is 15.9 Å². The Kier molecular flexibility index (Phi) is 8.15. The van der Waals surface area contributed by atoms with Crippen molar-refractivity contribution in [2.45, 2.75) is 97.7 Å². The monoisotopic (exact) mass is 514 g/mol. The van der Waals surface area contributed by atoms with Gasteiger partial charge in [0.25, 0.3) is 0 Å². The second kappa shape index (κ2) is 8.35. The van der Waals surface area contributed by atoms with Crippen LogP contribution in [0.25, 0.3) is 0 Å². The van der Waals surface area contributed by atoms with Crippen molar-refractivity contribution in [3.05, 3.63) is 0 Å². The van der Waals surface area contributed by atoms with Gasteiger partial charge < -0.3 is 20.9 Å². The number of hydrogen-bond acceptors (Lipinski definition) is 5. The molecular formula is C16H46O5Si7. The lowest BCUT2D eigenvalue weighted by molar-refractivity contribution is 0.168. The van der Waals surface area contributed by atoms with E-state index in [1.807, 2.05) is 0 Å². The molecule has 12 heteroatoms. The molecule has 1 heterocycles. The Bertz CT molecular complexity index is 512. The molecule has 0 aromatic carbocycles. The van der Waals surface area contributed by atoms with Gasteiger partial charge in [0.1, 0.15) is 7.59 Å². The highest BCUT2D eigenvalue weighted by molar-refractivity contribution is 7.64. The van der Waals surface area contributed by atoms with E-state index in [4.69, 9.17) is 20.9 Å². The summed E-state index contributed by atoms with van der Waals surface area (Å²) in [6.45, 7) is 32.7. The molecule has 1 saturated heterocycles. The Morgan fingerprint density at radius 3 is 1.18 bits per heavy atom. The second-order valence-corrected chi connectivity index (χ2v) is 50.9. The van der Waals surface area contributed by atoms with Gasteiger partial charge in [-0.2, -0.15) is 0 Å². The van der Waals surface area contributed by atoms with Crippen LogP contribution in [0.3, 0.4) is 0 Å². The summed E-state index contributed by atoms with van der Waals surface area (Å²) in [5.74, 6) is 0. The molecule has 0 aromatic heterocycles. The molecule has 0 bridgehead atoms. The van der Waals surface area contributed by atoms with E-state index in [2.05, 4.69) is 91.7 Å². The zero-order valence-corrected chi connectivity index (χ0v) is 28.0. The summed E-state index contributed by atoms with van der Waals surface area (Å²) in [6.07, 6.45) is 0. The molecule has 1 rings (SSSR count). The average molecular weight is 515 g/mol. The molecule has 0 radical (unpaired) electrons. The van der Waals surface area contributed by atoms with E-state index in [1.54, 1.807) is 0 Å². The van der Waals surface area contributed by atoms with Crippen molar-refractivity contribution in [3.8, 4) is 0 Å². The summed E-state index contributed by atoms with van der Waals surface area (Å²) in [7, 11) is -15.7. The van der Waals surface area contributed by atoms with Crippen molar-refractivity contribution in [2.75, 3.05) is 6.61 Å². The molecule has 0 atom stereocenters. The fourth-order valence-corrected chi connectivity index (χ4v) is 68.0. The van der Waals surface area contributed by atoms with Gasteiger partial charge in [-0.05, 0) is 84.6 Å².